The summed E-state index contributed by atoms with van der Waals surface area (Å²) in [5, 5.41) is 0. The van der Waals surface area contributed by atoms with Crippen LogP contribution in [0.25, 0.3) is 0 Å². The maximum absolute atomic E-state index is 11.7. The van der Waals surface area contributed by atoms with Crippen LogP contribution < -0.4 is 0 Å². The van der Waals surface area contributed by atoms with E-state index >= 15 is 0 Å². The van der Waals surface area contributed by atoms with Crippen LogP contribution in [0.5, 0.6) is 0 Å². The van der Waals surface area contributed by atoms with Gasteiger partial charge < -0.3 is 4.74 Å². The average Bonchev–Trinajstić information content (AvgIpc) is 2.66. The van der Waals surface area contributed by atoms with Crippen molar-refractivity contribution in [2.24, 2.45) is 5.92 Å². The van der Waals surface area contributed by atoms with Crippen LogP contribution in [0.2, 0.25) is 0 Å². The van der Waals surface area contributed by atoms with E-state index < -0.39 is 0 Å². The third-order valence-corrected chi connectivity index (χ3v) is 3.25. The van der Waals surface area contributed by atoms with Gasteiger partial charge in [-0.2, -0.15) is 0 Å². The molecule has 0 aliphatic carbocycles. The molecule has 1 heterocycles. The van der Waals surface area contributed by atoms with Gasteiger partial charge >= 0.3 is 5.97 Å². The lowest BCUT2D eigenvalue weighted by molar-refractivity contribution is -0.148. The zero-order valence-electron chi connectivity index (χ0n) is 10.9. The molecule has 3 nitrogen and oxygen atoms in total. The average molecular weight is 227 g/mol. The van der Waals surface area contributed by atoms with Gasteiger partial charge in [-0.15, -0.1) is 0 Å². The minimum atomic E-state index is -0.0244. The number of ether oxygens (including phenoxy) is 1. The maximum Gasteiger partial charge on any atom is 0.323 e. The van der Waals surface area contributed by atoms with Crippen molar-refractivity contribution >= 4 is 5.97 Å². The van der Waals surface area contributed by atoms with Gasteiger partial charge in [-0.3, -0.25) is 9.69 Å². The van der Waals surface area contributed by atoms with Crippen molar-refractivity contribution in [2.45, 2.75) is 52.5 Å². The fourth-order valence-electron chi connectivity index (χ4n) is 2.53. The van der Waals surface area contributed by atoms with Crippen molar-refractivity contribution in [3.8, 4) is 0 Å². The topological polar surface area (TPSA) is 29.5 Å². The summed E-state index contributed by atoms with van der Waals surface area (Å²) >= 11 is 0. The maximum atomic E-state index is 11.7. The predicted octanol–water partition coefficient (Wildman–Crippen LogP) is 2.45. The number of esters is 1. The third-order valence-electron chi connectivity index (χ3n) is 3.25. The highest BCUT2D eigenvalue weighted by Crippen LogP contribution is 2.21. The number of carbonyl (C=O) groups excluding carboxylic acids is 1. The Labute approximate surface area is 99.1 Å². The molecular formula is C13H25NO2. The molecule has 0 aromatic carbocycles. The zero-order valence-corrected chi connectivity index (χ0v) is 10.9. The number of likely N-dealkylation sites (tertiary alicyclic amines) is 1. The Hall–Kier alpha value is -0.570. The minimum absolute atomic E-state index is 0.0244. The Morgan fingerprint density at radius 1 is 1.50 bits per heavy atom. The highest BCUT2D eigenvalue weighted by atomic mass is 16.5. The van der Waals surface area contributed by atoms with Crippen LogP contribution in [0.4, 0.5) is 0 Å². The molecule has 0 N–H and O–H groups in total. The molecule has 16 heavy (non-hydrogen) atoms. The second-order valence-corrected chi connectivity index (χ2v) is 4.80. The first-order valence-electron chi connectivity index (χ1n) is 6.59. The number of nitrogens with zero attached hydrogens (tertiary/aromatic N) is 1. The molecule has 0 radical (unpaired) electrons. The van der Waals surface area contributed by atoms with Gasteiger partial charge in [0.1, 0.15) is 6.04 Å². The van der Waals surface area contributed by atoms with Gasteiger partial charge in [-0.1, -0.05) is 20.3 Å². The Morgan fingerprint density at radius 2 is 2.25 bits per heavy atom. The van der Waals surface area contributed by atoms with Gasteiger partial charge in [0.25, 0.3) is 0 Å². The van der Waals surface area contributed by atoms with E-state index in [0.29, 0.717) is 12.5 Å². The summed E-state index contributed by atoms with van der Waals surface area (Å²) in [5.41, 5.74) is 0. The smallest absolute Gasteiger partial charge is 0.323 e. The molecule has 2 unspecified atom stereocenters. The Morgan fingerprint density at radius 3 is 2.88 bits per heavy atom. The van der Waals surface area contributed by atoms with E-state index in [-0.39, 0.29) is 12.0 Å². The summed E-state index contributed by atoms with van der Waals surface area (Å²) in [7, 11) is 0. The molecule has 0 aromatic heterocycles. The number of carbonyl (C=O) groups is 1. The standard InChI is InChI=1S/C13H25NO2/c1-4-7-11(3)10-14-9-6-8-12(14)13(15)16-5-2/h11-12H,4-10H2,1-3H3. The number of rotatable bonds is 6. The van der Waals surface area contributed by atoms with Gasteiger partial charge in [0.2, 0.25) is 0 Å². The van der Waals surface area contributed by atoms with E-state index in [9.17, 15) is 4.79 Å². The van der Waals surface area contributed by atoms with Crippen molar-refractivity contribution in [1.82, 2.24) is 4.90 Å². The lowest BCUT2D eigenvalue weighted by Crippen LogP contribution is -2.39. The Kier molecular flexibility index (Phi) is 5.81. The van der Waals surface area contributed by atoms with Crippen LogP contribution >= 0.6 is 0 Å². The molecule has 3 heteroatoms. The molecule has 1 aliphatic heterocycles. The van der Waals surface area contributed by atoms with Crippen LogP contribution in [-0.2, 0) is 9.53 Å². The molecule has 1 aliphatic rings. The van der Waals surface area contributed by atoms with E-state index in [1.807, 2.05) is 6.92 Å². The largest absolute Gasteiger partial charge is 0.465 e. The lowest BCUT2D eigenvalue weighted by atomic mass is 10.1. The van der Waals surface area contributed by atoms with Gasteiger partial charge in [-0.05, 0) is 38.6 Å². The monoisotopic (exact) mass is 227 g/mol. The van der Waals surface area contributed by atoms with Gasteiger partial charge in [0.05, 0.1) is 6.61 Å². The molecule has 2 atom stereocenters. The highest BCUT2D eigenvalue weighted by molar-refractivity contribution is 5.76. The van der Waals surface area contributed by atoms with Crippen LogP contribution in [0, 0.1) is 5.92 Å². The van der Waals surface area contributed by atoms with E-state index in [1.54, 1.807) is 0 Å². The summed E-state index contributed by atoms with van der Waals surface area (Å²) < 4.78 is 5.12. The Balaban J connectivity index is 2.42. The van der Waals surface area contributed by atoms with Gasteiger partial charge in [0, 0.05) is 6.54 Å². The molecule has 1 rings (SSSR count). The quantitative estimate of drug-likeness (QED) is 0.653. The van der Waals surface area contributed by atoms with Crippen LogP contribution in [0.1, 0.15) is 46.5 Å². The first-order chi connectivity index (χ1) is 7.69. The summed E-state index contributed by atoms with van der Waals surface area (Å²) in [6.45, 7) is 8.94. The normalized spacial score (nSPS) is 23.3. The summed E-state index contributed by atoms with van der Waals surface area (Å²) in [5.74, 6) is 0.656. The van der Waals surface area contributed by atoms with Gasteiger partial charge in [-0.25, -0.2) is 0 Å². The zero-order chi connectivity index (χ0) is 12.0. The fourth-order valence-corrected chi connectivity index (χ4v) is 2.53. The van der Waals surface area contributed by atoms with Crippen LogP contribution in [0.15, 0.2) is 0 Å². The van der Waals surface area contributed by atoms with Crippen molar-refractivity contribution in [1.29, 1.82) is 0 Å². The summed E-state index contributed by atoms with van der Waals surface area (Å²) in [6.07, 6.45) is 4.56. The predicted molar refractivity (Wildman–Crippen MR) is 65.3 cm³/mol. The third kappa shape index (κ3) is 3.78. The first kappa shape index (κ1) is 13.5. The molecule has 0 spiro atoms. The molecule has 0 amide bonds. The number of hydrogen-bond acceptors (Lipinski definition) is 3. The SMILES string of the molecule is CCCC(C)CN1CCCC1C(=O)OCC. The van der Waals surface area contributed by atoms with E-state index in [4.69, 9.17) is 4.74 Å². The second kappa shape index (κ2) is 6.89. The van der Waals surface area contributed by atoms with Crippen molar-refractivity contribution in [3.05, 3.63) is 0 Å². The van der Waals surface area contributed by atoms with Gasteiger partial charge in [0.15, 0.2) is 0 Å². The van der Waals surface area contributed by atoms with Crippen LogP contribution in [0.3, 0.4) is 0 Å². The second-order valence-electron chi connectivity index (χ2n) is 4.80. The molecule has 0 saturated carbocycles. The fraction of sp³-hybridized carbons (Fsp3) is 0.923. The summed E-state index contributed by atoms with van der Waals surface area (Å²) in [6, 6.07) is 0.0271. The van der Waals surface area contributed by atoms with E-state index in [0.717, 1.165) is 25.9 Å². The van der Waals surface area contributed by atoms with Crippen molar-refractivity contribution in [2.75, 3.05) is 19.7 Å². The minimum Gasteiger partial charge on any atom is -0.465 e. The number of hydrogen-bond donors (Lipinski definition) is 0. The van der Waals surface area contributed by atoms with Crippen molar-refractivity contribution in [3.63, 3.8) is 0 Å². The molecular weight excluding hydrogens is 202 g/mol. The molecule has 1 saturated heterocycles. The summed E-state index contributed by atoms with van der Waals surface area (Å²) in [4.78, 5) is 14.0. The first-order valence-corrected chi connectivity index (χ1v) is 6.59. The lowest BCUT2D eigenvalue weighted by Gasteiger charge is -2.25. The molecule has 94 valence electrons. The molecule has 0 aromatic rings. The molecule has 0 bridgehead atoms. The molecule has 1 fully saturated rings. The van der Waals surface area contributed by atoms with Crippen LogP contribution in [-0.4, -0.2) is 36.6 Å². The Bertz CT molecular complexity index is 218. The van der Waals surface area contributed by atoms with E-state index in [1.165, 1.54) is 12.8 Å². The highest BCUT2D eigenvalue weighted by Gasteiger charge is 2.32. The van der Waals surface area contributed by atoms with Crippen molar-refractivity contribution < 1.29 is 9.53 Å². The van der Waals surface area contributed by atoms with E-state index in [2.05, 4.69) is 18.7 Å².